The highest BCUT2D eigenvalue weighted by Crippen LogP contribution is 2.31. The Morgan fingerprint density at radius 3 is 2.50 bits per heavy atom. The number of rotatable bonds is 2. The van der Waals surface area contributed by atoms with E-state index in [1.165, 1.54) is 32.1 Å². The Morgan fingerprint density at radius 2 is 1.92 bits per heavy atom. The number of hydrogen-bond donors (Lipinski definition) is 0. The first-order chi connectivity index (χ1) is 5.74. The van der Waals surface area contributed by atoms with Crippen LogP contribution in [0.4, 0.5) is 0 Å². The first-order valence-corrected chi connectivity index (χ1v) is 5.83. The molecule has 1 fully saturated rings. The Hall–Kier alpha value is 0.290. The first kappa shape index (κ1) is 10.4. The van der Waals surface area contributed by atoms with Crippen molar-refractivity contribution in [1.29, 1.82) is 0 Å². The molecule has 2 unspecified atom stereocenters. The van der Waals surface area contributed by atoms with E-state index in [1.54, 1.807) is 0 Å². The summed E-state index contributed by atoms with van der Waals surface area (Å²) in [6.07, 6.45) is 6.99. The minimum absolute atomic E-state index is 0.815. The highest BCUT2D eigenvalue weighted by Gasteiger charge is 2.19. The summed E-state index contributed by atoms with van der Waals surface area (Å²) in [6.45, 7) is 4.71. The zero-order chi connectivity index (χ0) is 8.97. The highest BCUT2D eigenvalue weighted by atomic mass is 35.5. The van der Waals surface area contributed by atoms with E-state index in [2.05, 4.69) is 13.8 Å². The Kier molecular flexibility index (Phi) is 4.42. The van der Waals surface area contributed by atoms with Crippen molar-refractivity contribution in [3.8, 4) is 0 Å². The van der Waals surface area contributed by atoms with Gasteiger partial charge >= 0.3 is 0 Å². The second kappa shape index (κ2) is 5.11. The molecule has 1 rings (SSSR count). The maximum absolute atomic E-state index is 5.88. The van der Waals surface area contributed by atoms with Crippen LogP contribution in [0, 0.1) is 17.8 Å². The van der Waals surface area contributed by atoms with Gasteiger partial charge in [-0.25, -0.2) is 0 Å². The average molecular weight is 189 g/mol. The van der Waals surface area contributed by atoms with Crippen LogP contribution in [0.1, 0.15) is 46.0 Å². The molecule has 0 spiro atoms. The topological polar surface area (TPSA) is 0 Å². The van der Waals surface area contributed by atoms with Crippen molar-refractivity contribution in [2.24, 2.45) is 17.8 Å². The summed E-state index contributed by atoms with van der Waals surface area (Å²) in [4.78, 5) is 0. The minimum Gasteiger partial charge on any atom is -0.126 e. The molecule has 1 heteroatoms. The van der Waals surface area contributed by atoms with Crippen LogP contribution in [-0.2, 0) is 0 Å². The van der Waals surface area contributed by atoms with Gasteiger partial charge in [-0.05, 0) is 37.0 Å². The van der Waals surface area contributed by atoms with Crippen molar-refractivity contribution in [1.82, 2.24) is 0 Å². The number of halogens is 1. The predicted octanol–water partition coefficient (Wildman–Crippen LogP) is 4.08. The summed E-state index contributed by atoms with van der Waals surface area (Å²) in [5.74, 6) is 3.54. The van der Waals surface area contributed by atoms with Crippen molar-refractivity contribution in [3.63, 3.8) is 0 Å². The van der Waals surface area contributed by atoms with E-state index in [0.717, 1.165) is 23.6 Å². The molecule has 0 amide bonds. The third-order valence-electron chi connectivity index (χ3n) is 3.29. The third kappa shape index (κ3) is 2.97. The molecule has 2 atom stereocenters. The average Bonchev–Trinajstić information content (AvgIpc) is 2.28. The Morgan fingerprint density at radius 1 is 1.17 bits per heavy atom. The molecule has 72 valence electrons. The van der Waals surface area contributed by atoms with Gasteiger partial charge < -0.3 is 0 Å². The molecule has 0 aromatic rings. The number of hydrogen-bond acceptors (Lipinski definition) is 0. The van der Waals surface area contributed by atoms with E-state index < -0.39 is 0 Å². The molecule has 0 aromatic heterocycles. The fraction of sp³-hybridized carbons (Fsp3) is 1.00. The zero-order valence-corrected chi connectivity index (χ0v) is 9.11. The van der Waals surface area contributed by atoms with Crippen LogP contribution in [0.3, 0.4) is 0 Å². The van der Waals surface area contributed by atoms with Crippen molar-refractivity contribution in [2.45, 2.75) is 46.0 Å². The summed E-state index contributed by atoms with van der Waals surface area (Å²) in [6, 6.07) is 0. The second-order valence-electron chi connectivity index (χ2n) is 4.53. The smallest absolute Gasteiger partial charge is 0.0251 e. The molecular weight excluding hydrogens is 168 g/mol. The fourth-order valence-electron chi connectivity index (χ4n) is 2.23. The van der Waals surface area contributed by atoms with Crippen molar-refractivity contribution in [2.75, 3.05) is 5.88 Å². The van der Waals surface area contributed by atoms with Crippen LogP contribution in [0.2, 0.25) is 0 Å². The van der Waals surface area contributed by atoms with Crippen molar-refractivity contribution < 1.29 is 0 Å². The first-order valence-electron chi connectivity index (χ1n) is 5.30. The molecule has 0 aliphatic heterocycles. The van der Waals surface area contributed by atoms with E-state index in [9.17, 15) is 0 Å². The minimum atomic E-state index is 0.815. The van der Waals surface area contributed by atoms with Crippen LogP contribution < -0.4 is 0 Å². The quantitative estimate of drug-likeness (QED) is 0.453. The van der Waals surface area contributed by atoms with Gasteiger partial charge in [0.2, 0.25) is 0 Å². The van der Waals surface area contributed by atoms with Gasteiger partial charge in [0.15, 0.2) is 0 Å². The Labute approximate surface area is 81.7 Å². The fourth-order valence-corrected chi connectivity index (χ4v) is 2.54. The van der Waals surface area contributed by atoms with Crippen LogP contribution in [0.25, 0.3) is 0 Å². The largest absolute Gasteiger partial charge is 0.126 e. The van der Waals surface area contributed by atoms with Crippen molar-refractivity contribution in [3.05, 3.63) is 0 Å². The summed E-state index contributed by atoms with van der Waals surface area (Å²) in [7, 11) is 0. The predicted molar refractivity (Wildman–Crippen MR) is 55.6 cm³/mol. The molecule has 0 radical (unpaired) electrons. The lowest BCUT2D eigenvalue weighted by Crippen LogP contribution is -2.07. The standard InChI is InChI=1S/C11H21Cl/c1-9(2)11-5-3-4-10(8-12)6-7-11/h9-11H,3-8H2,1-2H3. The monoisotopic (exact) mass is 188 g/mol. The SMILES string of the molecule is CC(C)C1CCCC(CCl)CC1. The molecular formula is C11H21Cl. The zero-order valence-electron chi connectivity index (χ0n) is 8.35. The molecule has 0 aromatic carbocycles. The second-order valence-corrected chi connectivity index (χ2v) is 4.84. The highest BCUT2D eigenvalue weighted by molar-refractivity contribution is 6.18. The number of alkyl halides is 1. The summed E-state index contributed by atoms with van der Waals surface area (Å²) in [5.41, 5.74) is 0. The van der Waals surface area contributed by atoms with Crippen molar-refractivity contribution >= 4 is 11.6 Å². The van der Waals surface area contributed by atoms with Gasteiger partial charge in [0.25, 0.3) is 0 Å². The third-order valence-corrected chi connectivity index (χ3v) is 3.73. The van der Waals surface area contributed by atoms with Gasteiger partial charge in [-0.3, -0.25) is 0 Å². The van der Waals surface area contributed by atoms with E-state index in [0.29, 0.717) is 0 Å². The van der Waals surface area contributed by atoms with Crippen LogP contribution >= 0.6 is 11.6 Å². The Bertz CT molecular complexity index is 120. The summed E-state index contributed by atoms with van der Waals surface area (Å²) in [5, 5.41) is 0. The van der Waals surface area contributed by atoms with Gasteiger partial charge in [0.1, 0.15) is 0 Å². The molecule has 12 heavy (non-hydrogen) atoms. The lowest BCUT2D eigenvalue weighted by atomic mass is 9.89. The molecule has 0 N–H and O–H groups in total. The molecule has 1 aliphatic carbocycles. The summed E-state index contributed by atoms with van der Waals surface area (Å²) >= 11 is 5.88. The van der Waals surface area contributed by atoms with Crippen LogP contribution in [0.5, 0.6) is 0 Å². The van der Waals surface area contributed by atoms with Gasteiger partial charge in [0, 0.05) is 5.88 Å². The molecule has 0 saturated heterocycles. The van der Waals surface area contributed by atoms with E-state index in [4.69, 9.17) is 11.6 Å². The van der Waals surface area contributed by atoms with Gasteiger partial charge in [-0.15, -0.1) is 11.6 Å². The lowest BCUT2D eigenvalue weighted by molar-refractivity contribution is 0.338. The summed E-state index contributed by atoms with van der Waals surface area (Å²) < 4.78 is 0. The van der Waals surface area contributed by atoms with E-state index >= 15 is 0 Å². The van der Waals surface area contributed by atoms with Gasteiger partial charge in [-0.2, -0.15) is 0 Å². The lowest BCUT2D eigenvalue weighted by Gasteiger charge is -2.17. The van der Waals surface area contributed by atoms with E-state index in [-0.39, 0.29) is 0 Å². The van der Waals surface area contributed by atoms with Crippen LogP contribution in [-0.4, -0.2) is 5.88 Å². The van der Waals surface area contributed by atoms with Gasteiger partial charge in [-0.1, -0.05) is 26.7 Å². The molecule has 1 saturated carbocycles. The maximum atomic E-state index is 5.88. The Balaban J connectivity index is 2.34. The normalized spacial score (nSPS) is 32.0. The molecule has 1 aliphatic rings. The molecule has 0 nitrogen and oxygen atoms in total. The molecule has 0 heterocycles. The maximum Gasteiger partial charge on any atom is 0.0251 e. The van der Waals surface area contributed by atoms with Crippen LogP contribution in [0.15, 0.2) is 0 Å². The van der Waals surface area contributed by atoms with Gasteiger partial charge in [0.05, 0.1) is 0 Å². The molecule has 0 bridgehead atoms. The van der Waals surface area contributed by atoms with E-state index in [1.807, 2.05) is 0 Å².